The van der Waals surface area contributed by atoms with E-state index in [9.17, 15) is 5.11 Å². The lowest BCUT2D eigenvalue weighted by Crippen LogP contribution is -2.37. The number of benzene rings is 2. The Labute approximate surface area is 168 Å². The van der Waals surface area contributed by atoms with Gasteiger partial charge in [0.25, 0.3) is 0 Å². The van der Waals surface area contributed by atoms with Crippen molar-refractivity contribution in [2.75, 3.05) is 19.6 Å². The molecule has 2 aromatic carbocycles. The van der Waals surface area contributed by atoms with Gasteiger partial charge in [-0.05, 0) is 67.3 Å². The Bertz CT molecular complexity index is 732. The fourth-order valence-corrected chi connectivity index (χ4v) is 5.13. The van der Waals surface area contributed by atoms with E-state index in [2.05, 4.69) is 17.0 Å². The summed E-state index contributed by atoms with van der Waals surface area (Å²) in [4.78, 5) is 2.59. The number of rotatable bonds is 6. The highest BCUT2D eigenvalue weighted by Gasteiger charge is 2.33. The topological polar surface area (TPSA) is 23.5 Å². The summed E-state index contributed by atoms with van der Waals surface area (Å²) < 4.78 is 0. The average molecular weight is 384 g/mol. The molecule has 2 aliphatic rings. The maximum Gasteiger partial charge on any atom is 0.0948 e. The molecule has 3 atom stereocenters. The Morgan fingerprint density at radius 2 is 1.70 bits per heavy atom. The molecule has 2 fully saturated rings. The summed E-state index contributed by atoms with van der Waals surface area (Å²) in [6, 6.07) is 18.1. The van der Waals surface area contributed by atoms with Crippen LogP contribution in [0, 0.1) is 11.8 Å². The summed E-state index contributed by atoms with van der Waals surface area (Å²) in [6.07, 6.45) is 6.96. The largest absolute Gasteiger partial charge is 0.385 e. The quantitative estimate of drug-likeness (QED) is 0.733. The van der Waals surface area contributed by atoms with Gasteiger partial charge in [0.05, 0.1) is 5.60 Å². The van der Waals surface area contributed by atoms with Crippen molar-refractivity contribution in [3.05, 3.63) is 70.7 Å². The first kappa shape index (κ1) is 19.0. The van der Waals surface area contributed by atoms with Crippen molar-refractivity contribution in [2.45, 2.75) is 44.1 Å². The van der Waals surface area contributed by atoms with Gasteiger partial charge in [0.2, 0.25) is 0 Å². The fraction of sp³-hybridized carbons (Fsp3) is 0.500. The summed E-state index contributed by atoms with van der Waals surface area (Å²) >= 11 is 6.09. The number of likely N-dealkylation sites (tertiary alicyclic amines) is 1. The van der Waals surface area contributed by atoms with Crippen LogP contribution in [0.5, 0.6) is 0 Å². The Hall–Kier alpha value is -1.35. The van der Waals surface area contributed by atoms with Gasteiger partial charge in [0, 0.05) is 24.5 Å². The van der Waals surface area contributed by atoms with E-state index in [1.165, 1.54) is 44.3 Å². The Morgan fingerprint density at radius 3 is 2.48 bits per heavy atom. The number of halogens is 1. The van der Waals surface area contributed by atoms with Crippen LogP contribution in [-0.4, -0.2) is 29.6 Å². The molecule has 0 spiro atoms. The zero-order valence-electron chi connectivity index (χ0n) is 16.0. The second-order valence-corrected chi connectivity index (χ2v) is 9.02. The summed E-state index contributed by atoms with van der Waals surface area (Å²) in [5, 5.41) is 12.4. The zero-order valence-corrected chi connectivity index (χ0v) is 16.7. The number of fused-ring (bicyclic) bond motifs is 2. The van der Waals surface area contributed by atoms with Gasteiger partial charge in [-0.2, -0.15) is 0 Å². The van der Waals surface area contributed by atoms with Crippen LogP contribution in [0.15, 0.2) is 54.6 Å². The van der Waals surface area contributed by atoms with Gasteiger partial charge in [-0.1, -0.05) is 60.5 Å². The molecule has 1 saturated carbocycles. The molecule has 144 valence electrons. The van der Waals surface area contributed by atoms with Crippen molar-refractivity contribution in [3.63, 3.8) is 0 Å². The third-order valence-electron chi connectivity index (χ3n) is 6.58. The fourth-order valence-electron chi connectivity index (χ4n) is 5.00. The highest BCUT2D eigenvalue weighted by molar-refractivity contribution is 6.30. The van der Waals surface area contributed by atoms with E-state index in [0.717, 1.165) is 30.4 Å². The van der Waals surface area contributed by atoms with E-state index in [0.29, 0.717) is 11.4 Å². The van der Waals surface area contributed by atoms with Gasteiger partial charge in [-0.25, -0.2) is 0 Å². The minimum atomic E-state index is -0.864. The summed E-state index contributed by atoms with van der Waals surface area (Å²) in [7, 11) is 0. The first-order valence-corrected chi connectivity index (χ1v) is 10.7. The Morgan fingerprint density at radius 1 is 0.963 bits per heavy atom. The Balaban J connectivity index is 1.49. The van der Waals surface area contributed by atoms with E-state index in [-0.39, 0.29) is 0 Å². The van der Waals surface area contributed by atoms with E-state index >= 15 is 0 Å². The molecule has 1 N–H and O–H groups in total. The molecule has 2 bridgehead atoms. The maximum absolute atomic E-state index is 11.7. The molecule has 27 heavy (non-hydrogen) atoms. The van der Waals surface area contributed by atoms with Gasteiger partial charge >= 0.3 is 0 Å². The molecule has 2 nitrogen and oxygen atoms in total. The van der Waals surface area contributed by atoms with Gasteiger partial charge in [-0.15, -0.1) is 0 Å². The molecular weight excluding hydrogens is 354 g/mol. The lowest BCUT2D eigenvalue weighted by molar-refractivity contribution is 0.0160. The molecule has 4 rings (SSSR count). The third-order valence-corrected chi connectivity index (χ3v) is 6.83. The van der Waals surface area contributed by atoms with Crippen molar-refractivity contribution in [1.29, 1.82) is 0 Å². The van der Waals surface area contributed by atoms with Crippen LogP contribution in [0.1, 0.15) is 43.2 Å². The second kappa shape index (κ2) is 8.34. The number of hydrogen-bond acceptors (Lipinski definition) is 2. The van der Waals surface area contributed by atoms with Crippen LogP contribution >= 0.6 is 11.6 Å². The summed E-state index contributed by atoms with van der Waals surface area (Å²) in [5.41, 5.74) is 1.27. The second-order valence-electron chi connectivity index (χ2n) is 8.59. The monoisotopic (exact) mass is 383 g/mol. The van der Waals surface area contributed by atoms with Crippen LogP contribution in [0.4, 0.5) is 0 Å². The minimum Gasteiger partial charge on any atom is -0.385 e. The summed E-state index contributed by atoms with van der Waals surface area (Å²) in [6.45, 7) is 3.34. The van der Waals surface area contributed by atoms with Crippen molar-refractivity contribution in [3.8, 4) is 0 Å². The molecular formula is C24H30ClNO. The normalized spacial score (nSPS) is 25.1. The van der Waals surface area contributed by atoms with E-state index < -0.39 is 5.60 Å². The zero-order chi connectivity index (χ0) is 18.7. The highest BCUT2D eigenvalue weighted by Crippen LogP contribution is 2.37. The lowest BCUT2D eigenvalue weighted by Gasteiger charge is -2.33. The van der Waals surface area contributed by atoms with Crippen LogP contribution in [-0.2, 0) is 12.0 Å². The van der Waals surface area contributed by atoms with E-state index in [1.807, 2.05) is 42.5 Å². The molecule has 1 aliphatic carbocycles. The Kier molecular flexibility index (Phi) is 5.87. The third kappa shape index (κ3) is 4.74. The van der Waals surface area contributed by atoms with Crippen LogP contribution in [0.3, 0.4) is 0 Å². The molecule has 3 heteroatoms. The minimum absolute atomic E-state index is 0.634. The van der Waals surface area contributed by atoms with Crippen LogP contribution < -0.4 is 0 Å². The summed E-state index contributed by atoms with van der Waals surface area (Å²) in [5.74, 6) is 1.81. The van der Waals surface area contributed by atoms with E-state index in [1.54, 1.807) is 0 Å². The molecule has 0 radical (unpaired) electrons. The first-order valence-electron chi connectivity index (χ1n) is 10.4. The van der Waals surface area contributed by atoms with Gasteiger partial charge in [0.15, 0.2) is 0 Å². The highest BCUT2D eigenvalue weighted by atomic mass is 35.5. The molecule has 1 aliphatic heterocycles. The average Bonchev–Trinajstić information content (AvgIpc) is 3.01. The molecule has 0 amide bonds. The van der Waals surface area contributed by atoms with Gasteiger partial charge in [-0.3, -0.25) is 0 Å². The molecule has 1 heterocycles. The predicted molar refractivity (Wildman–Crippen MR) is 112 cm³/mol. The first-order chi connectivity index (χ1) is 13.1. The standard InChI is InChI=1S/C24H30ClNO/c25-23-10-8-22(9-11-23)24(27,17-20-4-2-1-3-5-20)13-15-26-14-12-19-6-7-21(16-19)18-26/h1-5,8-11,19,21,27H,6-7,12-18H2. The lowest BCUT2D eigenvalue weighted by atomic mass is 9.84. The smallest absolute Gasteiger partial charge is 0.0948 e. The van der Waals surface area contributed by atoms with Crippen LogP contribution in [0.2, 0.25) is 5.02 Å². The predicted octanol–water partition coefficient (Wildman–Crippen LogP) is 5.28. The van der Waals surface area contributed by atoms with Gasteiger partial charge in [0.1, 0.15) is 0 Å². The van der Waals surface area contributed by atoms with Crippen molar-refractivity contribution < 1.29 is 5.11 Å². The number of nitrogens with zero attached hydrogens (tertiary/aromatic N) is 1. The maximum atomic E-state index is 11.7. The van der Waals surface area contributed by atoms with Crippen molar-refractivity contribution in [1.82, 2.24) is 4.90 Å². The SMILES string of the molecule is OC(CCN1CCC2CCC(C2)C1)(Cc1ccccc1)c1ccc(Cl)cc1. The van der Waals surface area contributed by atoms with Crippen molar-refractivity contribution in [2.24, 2.45) is 11.8 Å². The van der Waals surface area contributed by atoms with Gasteiger partial charge < -0.3 is 10.0 Å². The molecule has 0 aromatic heterocycles. The van der Waals surface area contributed by atoms with Crippen LogP contribution in [0.25, 0.3) is 0 Å². The molecule has 3 unspecified atom stereocenters. The molecule has 2 aromatic rings. The number of aliphatic hydroxyl groups is 1. The molecule has 1 saturated heterocycles. The number of hydrogen-bond donors (Lipinski definition) is 1. The van der Waals surface area contributed by atoms with E-state index in [4.69, 9.17) is 11.6 Å². The van der Waals surface area contributed by atoms with Crippen molar-refractivity contribution >= 4 is 11.6 Å².